The maximum Gasteiger partial charge on any atom is 0.306 e. The lowest BCUT2D eigenvalue weighted by Crippen LogP contribution is -2.37. The summed E-state index contributed by atoms with van der Waals surface area (Å²) in [6.45, 7) is 4.14. The first-order valence-corrected chi connectivity index (χ1v) is 37.2. The number of nitrogens with zero attached hydrogens (tertiary/aromatic N) is 1. The molecule has 0 rings (SSSR count). The lowest BCUT2D eigenvalue weighted by Gasteiger charge is -2.28. The molecule has 0 radical (unpaired) electrons. The van der Waals surface area contributed by atoms with Crippen molar-refractivity contribution in [3.63, 3.8) is 0 Å². The number of esters is 2. The van der Waals surface area contributed by atoms with Crippen LogP contribution in [0.15, 0.2) is 122 Å². The van der Waals surface area contributed by atoms with Gasteiger partial charge in [-0.1, -0.05) is 322 Å². The summed E-state index contributed by atoms with van der Waals surface area (Å²) < 4.78 is 34.3. The molecule has 0 fully saturated rings. The minimum atomic E-state index is -4.65. The van der Waals surface area contributed by atoms with E-state index in [1.165, 1.54) is 148 Å². The number of phosphoric ester groups is 1. The van der Waals surface area contributed by atoms with Crippen LogP contribution >= 0.6 is 7.82 Å². The Labute approximate surface area is 537 Å². The number of likely N-dealkylation sites (N-methyl/N-ethyl adjacent to an activating group) is 1. The van der Waals surface area contributed by atoms with Gasteiger partial charge in [-0.2, -0.15) is 0 Å². The first-order valence-electron chi connectivity index (χ1n) is 35.7. The van der Waals surface area contributed by atoms with Crippen molar-refractivity contribution in [1.82, 2.24) is 0 Å². The monoisotopic (exact) mass is 1230 g/mol. The fraction of sp³-hybridized carbons (Fsp3) is 0.714. The highest BCUT2D eigenvalue weighted by Gasteiger charge is 2.22. The summed E-state index contributed by atoms with van der Waals surface area (Å²) in [6.07, 6.45) is 95.7. The van der Waals surface area contributed by atoms with E-state index in [2.05, 4.69) is 135 Å². The van der Waals surface area contributed by atoms with Crippen LogP contribution < -0.4 is 4.89 Å². The number of unbranched alkanes of at least 4 members (excludes halogenated alkanes) is 31. The maximum absolute atomic E-state index is 12.9. The lowest BCUT2D eigenvalue weighted by molar-refractivity contribution is -0.870. The van der Waals surface area contributed by atoms with Crippen LogP contribution in [0, 0.1) is 0 Å². The molecular formula is C77H134NO8P. The highest BCUT2D eigenvalue weighted by molar-refractivity contribution is 7.45. The van der Waals surface area contributed by atoms with Gasteiger partial charge < -0.3 is 27.9 Å². The topological polar surface area (TPSA) is 111 Å². The van der Waals surface area contributed by atoms with Crippen LogP contribution in [-0.2, 0) is 32.7 Å². The van der Waals surface area contributed by atoms with E-state index in [1.54, 1.807) is 0 Å². The molecule has 0 bridgehead atoms. The first kappa shape index (κ1) is 83.4. The molecule has 0 aromatic rings. The van der Waals surface area contributed by atoms with E-state index >= 15 is 0 Å². The molecule has 87 heavy (non-hydrogen) atoms. The molecule has 0 N–H and O–H groups in total. The Bertz CT molecular complexity index is 1880. The molecule has 0 aliphatic rings. The zero-order chi connectivity index (χ0) is 63.4. The number of hydrogen-bond acceptors (Lipinski definition) is 8. The quantitative estimate of drug-likeness (QED) is 0.0195. The largest absolute Gasteiger partial charge is 0.756 e. The molecule has 2 unspecified atom stereocenters. The third-order valence-corrected chi connectivity index (χ3v) is 16.2. The van der Waals surface area contributed by atoms with E-state index in [9.17, 15) is 19.0 Å². The minimum Gasteiger partial charge on any atom is -0.756 e. The predicted octanol–water partition coefficient (Wildman–Crippen LogP) is 22.8. The number of quaternary nitrogens is 1. The van der Waals surface area contributed by atoms with Crippen molar-refractivity contribution in [3.8, 4) is 0 Å². The van der Waals surface area contributed by atoms with Crippen molar-refractivity contribution in [2.45, 2.75) is 309 Å². The smallest absolute Gasteiger partial charge is 0.306 e. The van der Waals surface area contributed by atoms with Gasteiger partial charge in [0.15, 0.2) is 6.10 Å². The van der Waals surface area contributed by atoms with E-state index < -0.39 is 26.5 Å². The number of carbonyl (C=O) groups excluding carboxylic acids is 2. The van der Waals surface area contributed by atoms with E-state index in [0.29, 0.717) is 17.4 Å². The molecule has 2 atom stereocenters. The molecule has 0 aromatic carbocycles. The minimum absolute atomic E-state index is 0.0382. The maximum atomic E-state index is 12.9. The molecule has 0 saturated carbocycles. The van der Waals surface area contributed by atoms with E-state index in [-0.39, 0.29) is 32.0 Å². The van der Waals surface area contributed by atoms with Gasteiger partial charge in [0, 0.05) is 12.8 Å². The van der Waals surface area contributed by atoms with E-state index in [1.807, 2.05) is 21.1 Å². The number of ether oxygens (including phenoxy) is 2. The molecular weight excluding hydrogens is 1100 g/mol. The molecule has 0 amide bonds. The SMILES string of the molecule is CC/C=C\C/C=C\C/C=C\C/C=C\C/C=C\C/C=C\C/C=C\C/C=C\C/C=C\C/C=C\CCCCCCCCC(=O)OC(COC(=O)CCCCCCCCCCCCCCCCCCCCCCCCCCCC)COP(=O)([O-])OCC[N+](C)(C)C. The molecule has 500 valence electrons. The number of phosphoric acid groups is 1. The molecule has 0 saturated heterocycles. The normalized spacial score (nSPS) is 13.9. The average Bonchev–Trinajstić information content (AvgIpc) is 3.56. The Kier molecular flexibility index (Phi) is 64.1. The zero-order valence-electron chi connectivity index (χ0n) is 56.9. The van der Waals surface area contributed by atoms with Crippen LogP contribution in [0.1, 0.15) is 303 Å². The fourth-order valence-electron chi connectivity index (χ4n) is 9.80. The lowest BCUT2D eigenvalue weighted by atomic mass is 10.0. The number of allylic oxidation sites excluding steroid dienone is 20. The van der Waals surface area contributed by atoms with Crippen LogP contribution in [0.4, 0.5) is 0 Å². The number of carbonyl (C=O) groups is 2. The van der Waals surface area contributed by atoms with Crippen LogP contribution in [0.5, 0.6) is 0 Å². The van der Waals surface area contributed by atoms with Gasteiger partial charge in [0.25, 0.3) is 7.82 Å². The summed E-state index contributed by atoms with van der Waals surface area (Å²) in [5.41, 5.74) is 0. The number of rotatable bonds is 65. The Balaban J connectivity index is 4.12. The van der Waals surface area contributed by atoms with Gasteiger partial charge in [-0.05, 0) is 89.9 Å². The second kappa shape index (κ2) is 66.8. The summed E-state index contributed by atoms with van der Waals surface area (Å²) in [4.78, 5) is 38.1. The molecule has 0 heterocycles. The summed E-state index contributed by atoms with van der Waals surface area (Å²) in [5, 5.41) is 0. The third kappa shape index (κ3) is 71.4. The van der Waals surface area contributed by atoms with Crippen LogP contribution in [0.25, 0.3) is 0 Å². The highest BCUT2D eigenvalue weighted by atomic mass is 31.2. The average molecular weight is 1230 g/mol. The molecule has 0 aliphatic carbocycles. The van der Waals surface area contributed by atoms with E-state index in [4.69, 9.17) is 18.5 Å². The van der Waals surface area contributed by atoms with Crippen LogP contribution in [0.3, 0.4) is 0 Å². The van der Waals surface area contributed by atoms with Crippen molar-refractivity contribution >= 4 is 19.8 Å². The molecule has 0 aromatic heterocycles. The number of hydrogen-bond donors (Lipinski definition) is 0. The van der Waals surface area contributed by atoms with Gasteiger partial charge in [0.2, 0.25) is 0 Å². The van der Waals surface area contributed by atoms with Gasteiger partial charge >= 0.3 is 11.9 Å². The molecule has 9 nitrogen and oxygen atoms in total. The van der Waals surface area contributed by atoms with Crippen molar-refractivity contribution in [3.05, 3.63) is 122 Å². The standard InChI is InChI=1S/C77H134NO8P/c1-6-8-10-12-14-16-18-20-22-24-26-28-30-32-34-35-36-37-38-39-40-41-42-43-44-46-48-50-52-54-56-58-60-62-64-66-68-70-77(80)86-75(74-85-87(81,82)84-72-71-78(3,4)5)73-83-76(79)69-67-65-63-61-59-57-55-53-51-49-47-45-33-31-29-27-25-23-21-19-17-15-13-11-9-7-2/h8,10,14,16,20,22,26,28,32,34,36-37,39-40,42-43,46,48,52,54,75H,6-7,9,11-13,15,17-19,21,23-25,27,29-31,33,35,38,41,44-45,47,49-51,53,55-74H2,1-5H3/b10-8-,16-14-,22-20-,28-26-,34-32-,37-36-,40-39-,43-42-,48-46-,54-52-. The van der Waals surface area contributed by atoms with Crippen LogP contribution in [-0.4, -0.2) is 70.0 Å². The van der Waals surface area contributed by atoms with Crippen molar-refractivity contribution in [2.24, 2.45) is 0 Å². The Morgan fingerprint density at radius 3 is 0.977 bits per heavy atom. The molecule has 0 aliphatic heterocycles. The van der Waals surface area contributed by atoms with Crippen molar-refractivity contribution < 1.29 is 42.1 Å². The summed E-state index contributed by atoms with van der Waals surface area (Å²) in [6, 6.07) is 0. The summed E-state index contributed by atoms with van der Waals surface area (Å²) >= 11 is 0. The van der Waals surface area contributed by atoms with Gasteiger partial charge in [-0.15, -0.1) is 0 Å². The molecule has 10 heteroatoms. The van der Waals surface area contributed by atoms with Crippen molar-refractivity contribution in [2.75, 3.05) is 47.5 Å². The van der Waals surface area contributed by atoms with Gasteiger partial charge in [-0.3, -0.25) is 14.2 Å². The van der Waals surface area contributed by atoms with Gasteiger partial charge in [-0.25, -0.2) is 0 Å². The Morgan fingerprint density at radius 2 is 0.655 bits per heavy atom. The summed E-state index contributed by atoms with van der Waals surface area (Å²) in [7, 11) is 1.15. The van der Waals surface area contributed by atoms with Gasteiger partial charge in [0.05, 0.1) is 27.7 Å². The Hall–Kier alpha value is -3.59. The van der Waals surface area contributed by atoms with E-state index in [0.717, 1.165) is 122 Å². The first-order chi connectivity index (χ1) is 42.5. The molecule has 0 spiro atoms. The zero-order valence-corrected chi connectivity index (χ0v) is 57.8. The van der Waals surface area contributed by atoms with Crippen molar-refractivity contribution in [1.29, 1.82) is 0 Å². The third-order valence-electron chi connectivity index (χ3n) is 15.2. The summed E-state index contributed by atoms with van der Waals surface area (Å²) in [5.74, 6) is -0.846. The second-order valence-electron chi connectivity index (χ2n) is 24.9. The highest BCUT2D eigenvalue weighted by Crippen LogP contribution is 2.38. The Morgan fingerprint density at radius 1 is 0.368 bits per heavy atom. The van der Waals surface area contributed by atoms with Crippen LogP contribution in [0.2, 0.25) is 0 Å². The fourth-order valence-corrected chi connectivity index (χ4v) is 10.5. The van der Waals surface area contributed by atoms with Gasteiger partial charge in [0.1, 0.15) is 19.8 Å². The second-order valence-corrected chi connectivity index (χ2v) is 26.3. The predicted molar refractivity (Wildman–Crippen MR) is 374 cm³/mol.